The Labute approximate surface area is 303 Å². The lowest BCUT2D eigenvalue weighted by atomic mass is 10.0. The fraction of sp³-hybridized carbons (Fsp3) is 0.814. The Hall–Kier alpha value is -1.92. The van der Waals surface area contributed by atoms with Crippen molar-refractivity contribution in [1.82, 2.24) is 5.32 Å². The highest BCUT2D eigenvalue weighted by Gasteiger charge is 2.24. The zero-order valence-corrected chi connectivity index (χ0v) is 32.3. The first kappa shape index (κ1) is 47.1. The molecule has 286 valence electrons. The first-order valence-electron chi connectivity index (χ1n) is 20.7. The predicted octanol–water partition coefficient (Wildman–Crippen LogP) is 11.4. The number of amides is 1. The van der Waals surface area contributed by atoms with Crippen molar-refractivity contribution in [3.05, 3.63) is 36.5 Å². The van der Waals surface area contributed by atoms with Crippen LogP contribution in [-0.4, -0.2) is 46.9 Å². The van der Waals surface area contributed by atoms with Gasteiger partial charge in [0.2, 0.25) is 5.91 Å². The number of unbranched alkanes of at least 4 members (excludes halogenated alkanes) is 20. The van der Waals surface area contributed by atoms with Crippen molar-refractivity contribution in [2.75, 3.05) is 6.61 Å². The van der Waals surface area contributed by atoms with Crippen LogP contribution in [0.3, 0.4) is 0 Å². The van der Waals surface area contributed by atoms with Crippen LogP contribution in [0.1, 0.15) is 201 Å². The van der Waals surface area contributed by atoms with Crippen molar-refractivity contribution < 1.29 is 24.5 Å². The number of rotatable bonds is 36. The molecule has 1 amide bonds. The van der Waals surface area contributed by atoms with Crippen molar-refractivity contribution in [3.8, 4) is 0 Å². The topological polar surface area (TPSA) is 95.9 Å². The Morgan fingerprint density at radius 2 is 1.10 bits per heavy atom. The molecule has 0 heterocycles. The summed E-state index contributed by atoms with van der Waals surface area (Å²) in [6.07, 6.45) is 40.7. The number of aliphatic hydroxyl groups excluding tert-OH is 2. The zero-order chi connectivity index (χ0) is 36.0. The van der Waals surface area contributed by atoms with Gasteiger partial charge in [-0.05, 0) is 44.9 Å². The highest BCUT2D eigenvalue weighted by Crippen LogP contribution is 2.17. The molecule has 0 aliphatic carbocycles. The van der Waals surface area contributed by atoms with Crippen molar-refractivity contribution in [3.63, 3.8) is 0 Å². The van der Waals surface area contributed by atoms with Crippen molar-refractivity contribution in [1.29, 1.82) is 0 Å². The number of nitrogens with one attached hydrogen (secondary N) is 1. The number of ether oxygens (including phenoxy) is 1. The Morgan fingerprint density at radius 1 is 0.612 bits per heavy atom. The second kappa shape index (κ2) is 37.3. The third-order valence-electron chi connectivity index (χ3n) is 9.29. The molecule has 0 bridgehead atoms. The summed E-state index contributed by atoms with van der Waals surface area (Å²) in [7, 11) is 0. The van der Waals surface area contributed by atoms with E-state index < -0.39 is 18.2 Å². The number of esters is 1. The van der Waals surface area contributed by atoms with E-state index in [1.807, 2.05) is 12.2 Å². The quantitative estimate of drug-likeness (QED) is 0.0346. The second-order valence-corrected chi connectivity index (χ2v) is 14.1. The molecule has 0 aromatic rings. The average Bonchev–Trinajstić information content (AvgIpc) is 3.09. The van der Waals surface area contributed by atoms with Crippen molar-refractivity contribution in [2.24, 2.45) is 0 Å². The SMILES string of the molecule is CC/C=C/C=C/C=C\CCCCCC(CC(=O)NC(CO)C(O)CCCCCCCCCCCC)OC(=O)CCCCCCCCCCC. The molecule has 0 saturated heterocycles. The van der Waals surface area contributed by atoms with Crippen LogP contribution < -0.4 is 5.32 Å². The van der Waals surface area contributed by atoms with Crippen LogP contribution >= 0.6 is 0 Å². The largest absolute Gasteiger partial charge is 0.462 e. The molecule has 0 saturated carbocycles. The molecule has 6 heteroatoms. The van der Waals surface area contributed by atoms with Gasteiger partial charge in [0.05, 0.1) is 25.2 Å². The minimum absolute atomic E-state index is 0.0565. The molecular weight excluding hydrogens is 610 g/mol. The van der Waals surface area contributed by atoms with E-state index in [0.29, 0.717) is 19.3 Å². The molecule has 0 spiro atoms. The minimum Gasteiger partial charge on any atom is -0.462 e. The lowest BCUT2D eigenvalue weighted by molar-refractivity contribution is -0.151. The van der Waals surface area contributed by atoms with Gasteiger partial charge in [0.15, 0.2) is 0 Å². The third-order valence-corrected chi connectivity index (χ3v) is 9.29. The van der Waals surface area contributed by atoms with Crippen LogP contribution in [-0.2, 0) is 14.3 Å². The summed E-state index contributed by atoms with van der Waals surface area (Å²) in [4.78, 5) is 25.8. The maximum Gasteiger partial charge on any atom is 0.306 e. The van der Waals surface area contributed by atoms with Gasteiger partial charge in [0.1, 0.15) is 6.10 Å². The van der Waals surface area contributed by atoms with Crippen LogP contribution in [0.2, 0.25) is 0 Å². The maximum atomic E-state index is 13.0. The van der Waals surface area contributed by atoms with Crippen LogP contribution in [0.5, 0.6) is 0 Å². The molecule has 0 rings (SSSR count). The molecule has 0 aromatic carbocycles. The number of hydrogen-bond acceptors (Lipinski definition) is 5. The summed E-state index contributed by atoms with van der Waals surface area (Å²) in [6, 6.07) is -0.706. The summed E-state index contributed by atoms with van der Waals surface area (Å²) < 4.78 is 5.85. The van der Waals surface area contributed by atoms with Gasteiger partial charge in [-0.3, -0.25) is 9.59 Å². The average molecular weight is 690 g/mol. The fourth-order valence-electron chi connectivity index (χ4n) is 6.13. The molecule has 6 nitrogen and oxygen atoms in total. The molecule has 3 atom stereocenters. The van der Waals surface area contributed by atoms with Crippen LogP contribution in [0.4, 0.5) is 0 Å². The normalized spacial score (nSPS) is 13.8. The number of aliphatic hydroxyl groups is 2. The monoisotopic (exact) mass is 690 g/mol. The summed E-state index contributed by atoms with van der Waals surface area (Å²) in [5.74, 6) is -0.513. The molecule has 0 radical (unpaired) electrons. The molecule has 0 aliphatic heterocycles. The van der Waals surface area contributed by atoms with E-state index in [-0.39, 0.29) is 24.9 Å². The van der Waals surface area contributed by atoms with Crippen molar-refractivity contribution >= 4 is 11.9 Å². The molecular formula is C43H79NO5. The smallest absolute Gasteiger partial charge is 0.306 e. The summed E-state index contributed by atoms with van der Waals surface area (Å²) in [6.45, 7) is 6.28. The number of hydrogen-bond donors (Lipinski definition) is 3. The first-order valence-corrected chi connectivity index (χ1v) is 20.7. The summed E-state index contributed by atoms with van der Waals surface area (Å²) >= 11 is 0. The van der Waals surface area contributed by atoms with Gasteiger partial charge in [0, 0.05) is 6.42 Å². The number of carbonyl (C=O) groups is 2. The third kappa shape index (κ3) is 33.0. The van der Waals surface area contributed by atoms with Gasteiger partial charge >= 0.3 is 5.97 Å². The predicted molar refractivity (Wildman–Crippen MR) is 209 cm³/mol. The molecule has 49 heavy (non-hydrogen) atoms. The van der Waals surface area contributed by atoms with Gasteiger partial charge in [-0.25, -0.2) is 0 Å². The lowest BCUT2D eigenvalue weighted by Gasteiger charge is -2.24. The Balaban J connectivity index is 4.65. The second-order valence-electron chi connectivity index (χ2n) is 14.1. The van der Waals surface area contributed by atoms with Crippen LogP contribution in [0, 0.1) is 0 Å². The fourth-order valence-corrected chi connectivity index (χ4v) is 6.13. The summed E-state index contributed by atoms with van der Waals surface area (Å²) in [5.41, 5.74) is 0. The van der Waals surface area contributed by atoms with Gasteiger partial charge < -0.3 is 20.3 Å². The van der Waals surface area contributed by atoms with E-state index in [2.05, 4.69) is 50.4 Å². The van der Waals surface area contributed by atoms with Crippen LogP contribution in [0.15, 0.2) is 36.5 Å². The van der Waals surface area contributed by atoms with E-state index in [1.165, 1.54) is 83.5 Å². The zero-order valence-electron chi connectivity index (χ0n) is 32.3. The van der Waals surface area contributed by atoms with Crippen LogP contribution in [0.25, 0.3) is 0 Å². The number of allylic oxidation sites excluding steroid dienone is 6. The van der Waals surface area contributed by atoms with E-state index in [0.717, 1.165) is 70.6 Å². The van der Waals surface area contributed by atoms with Gasteiger partial charge in [-0.1, -0.05) is 179 Å². The lowest BCUT2D eigenvalue weighted by Crippen LogP contribution is -2.46. The highest BCUT2D eigenvalue weighted by atomic mass is 16.5. The first-order chi connectivity index (χ1) is 24.0. The van der Waals surface area contributed by atoms with E-state index >= 15 is 0 Å². The van der Waals surface area contributed by atoms with Gasteiger partial charge in [0.25, 0.3) is 0 Å². The Bertz CT molecular complexity index is 823. The standard InChI is InChI=1S/C43H79NO5/c1-4-7-10-13-16-19-21-23-25-28-31-34-39(49-43(48)36-33-30-27-22-18-15-12-9-6-3)37-42(47)44-40(38-45)41(46)35-32-29-26-24-20-17-14-11-8-5-2/h7,10,13,16,19,21,39-41,45-46H,4-6,8-9,11-12,14-15,17-18,20,22-38H2,1-3H3,(H,44,47)/b10-7+,16-13+,21-19-. The van der Waals surface area contributed by atoms with E-state index in [1.54, 1.807) is 0 Å². The minimum atomic E-state index is -0.791. The Kier molecular flexibility index (Phi) is 35.9. The molecule has 3 unspecified atom stereocenters. The molecule has 0 aliphatic rings. The molecule has 0 aromatic heterocycles. The van der Waals surface area contributed by atoms with E-state index in [9.17, 15) is 19.8 Å². The maximum absolute atomic E-state index is 13.0. The van der Waals surface area contributed by atoms with Gasteiger partial charge in [-0.15, -0.1) is 0 Å². The number of carbonyl (C=O) groups excluding carboxylic acids is 2. The van der Waals surface area contributed by atoms with E-state index in [4.69, 9.17) is 4.74 Å². The highest BCUT2D eigenvalue weighted by molar-refractivity contribution is 5.77. The van der Waals surface area contributed by atoms with Crippen molar-refractivity contribution in [2.45, 2.75) is 219 Å². The Morgan fingerprint density at radius 3 is 1.65 bits per heavy atom. The summed E-state index contributed by atoms with van der Waals surface area (Å²) in [5, 5.41) is 23.5. The molecule has 3 N–H and O–H groups in total. The molecule has 0 fully saturated rings. The van der Waals surface area contributed by atoms with Gasteiger partial charge in [-0.2, -0.15) is 0 Å².